The lowest BCUT2D eigenvalue weighted by molar-refractivity contribution is 0.395. The van der Waals surface area contributed by atoms with Crippen LogP contribution >= 0.6 is 15.9 Å². The number of benzene rings is 1. The van der Waals surface area contributed by atoms with Crippen LogP contribution in [-0.4, -0.2) is 34.2 Å². The zero-order chi connectivity index (χ0) is 17.7. The maximum absolute atomic E-state index is 12.8. The first-order valence-corrected chi connectivity index (χ1v) is 11.2. The van der Waals surface area contributed by atoms with E-state index in [1.807, 2.05) is 13.8 Å². The Morgan fingerprint density at radius 3 is 1.96 bits per heavy atom. The van der Waals surface area contributed by atoms with E-state index in [0.29, 0.717) is 13.1 Å². The minimum absolute atomic E-state index is 0.0529. The summed E-state index contributed by atoms with van der Waals surface area (Å²) in [6, 6.07) is 3.72. The summed E-state index contributed by atoms with van der Waals surface area (Å²) in [7, 11) is -7.56. The summed E-state index contributed by atoms with van der Waals surface area (Å²) >= 11 is 3.15. The van der Waals surface area contributed by atoms with Crippen LogP contribution < -0.4 is 5.14 Å². The van der Waals surface area contributed by atoms with E-state index in [1.165, 1.54) is 22.5 Å². The van der Waals surface area contributed by atoms with Gasteiger partial charge in [0.2, 0.25) is 20.0 Å². The summed E-state index contributed by atoms with van der Waals surface area (Å²) in [4.78, 5) is -0.0749. The van der Waals surface area contributed by atoms with Gasteiger partial charge in [-0.2, -0.15) is 4.31 Å². The Labute approximate surface area is 147 Å². The molecule has 0 fully saturated rings. The minimum atomic E-state index is -3.87. The number of sulfonamides is 2. The summed E-state index contributed by atoms with van der Waals surface area (Å²) in [5.41, 5.74) is 0. The Morgan fingerprint density at radius 2 is 1.57 bits per heavy atom. The SMILES string of the molecule is CCCCN(CCCC)S(=O)(=O)c1ccc(S(N)(=O)=O)cc1Br. The van der Waals surface area contributed by atoms with E-state index < -0.39 is 20.0 Å². The van der Waals surface area contributed by atoms with Crippen molar-refractivity contribution in [2.75, 3.05) is 13.1 Å². The zero-order valence-corrected chi connectivity index (χ0v) is 16.5. The van der Waals surface area contributed by atoms with Crippen molar-refractivity contribution in [1.82, 2.24) is 4.31 Å². The maximum Gasteiger partial charge on any atom is 0.244 e. The van der Waals surface area contributed by atoms with Crippen LogP contribution in [0.4, 0.5) is 0 Å². The fourth-order valence-electron chi connectivity index (χ4n) is 2.03. The average Bonchev–Trinajstić information content (AvgIpc) is 2.45. The molecule has 0 aromatic heterocycles. The number of nitrogens with zero attached hydrogens (tertiary/aromatic N) is 1. The highest BCUT2D eigenvalue weighted by molar-refractivity contribution is 9.10. The first kappa shape index (κ1) is 20.6. The molecule has 1 aromatic carbocycles. The number of halogens is 1. The molecule has 23 heavy (non-hydrogen) atoms. The molecule has 1 rings (SSSR count). The quantitative estimate of drug-likeness (QED) is 0.655. The van der Waals surface area contributed by atoms with E-state index in [1.54, 1.807) is 0 Å². The fraction of sp³-hybridized carbons (Fsp3) is 0.571. The molecule has 0 unspecified atom stereocenters. The number of nitrogens with two attached hydrogens (primary N) is 1. The number of hydrogen-bond acceptors (Lipinski definition) is 4. The first-order valence-electron chi connectivity index (χ1n) is 7.47. The lowest BCUT2D eigenvalue weighted by Gasteiger charge is -2.22. The van der Waals surface area contributed by atoms with Crippen molar-refractivity contribution in [2.24, 2.45) is 5.14 Å². The second-order valence-corrected chi connectivity index (χ2v) is 9.57. The number of rotatable bonds is 9. The third-order valence-corrected chi connectivity index (χ3v) is 7.16. The lowest BCUT2D eigenvalue weighted by atomic mass is 10.3. The summed E-state index contributed by atoms with van der Waals surface area (Å²) < 4.78 is 50.1. The van der Waals surface area contributed by atoms with Crippen molar-refractivity contribution < 1.29 is 16.8 Å². The monoisotopic (exact) mass is 426 g/mol. The fourth-order valence-corrected chi connectivity index (χ4v) is 5.27. The summed E-state index contributed by atoms with van der Waals surface area (Å²) in [5, 5.41) is 5.07. The van der Waals surface area contributed by atoms with Gasteiger partial charge in [0.05, 0.1) is 9.79 Å². The van der Waals surface area contributed by atoms with Crippen LogP contribution in [0, 0.1) is 0 Å². The van der Waals surface area contributed by atoms with Gasteiger partial charge in [0.1, 0.15) is 0 Å². The molecule has 0 radical (unpaired) electrons. The Bertz CT molecular complexity index is 725. The Morgan fingerprint density at radius 1 is 1.04 bits per heavy atom. The van der Waals surface area contributed by atoms with Crippen molar-refractivity contribution in [3.8, 4) is 0 Å². The van der Waals surface area contributed by atoms with E-state index in [4.69, 9.17) is 5.14 Å². The van der Waals surface area contributed by atoms with Crippen molar-refractivity contribution in [3.63, 3.8) is 0 Å². The van der Waals surface area contributed by atoms with Gasteiger partial charge in [-0.15, -0.1) is 0 Å². The van der Waals surface area contributed by atoms with Crippen LogP contribution in [0.3, 0.4) is 0 Å². The molecule has 0 amide bonds. The molecule has 132 valence electrons. The van der Waals surface area contributed by atoms with Gasteiger partial charge < -0.3 is 0 Å². The van der Waals surface area contributed by atoms with Gasteiger partial charge in [-0.05, 0) is 47.0 Å². The molecule has 1 aromatic rings. The second-order valence-electron chi connectivity index (χ2n) is 5.25. The third kappa shape index (κ3) is 5.53. The van der Waals surface area contributed by atoms with Crippen molar-refractivity contribution in [2.45, 2.75) is 49.3 Å². The van der Waals surface area contributed by atoms with Crippen LogP contribution in [0.2, 0.25) is 0 Å². The molecule has 0 saturated carbocycles. The van der Waals surface area contributed by atoms with Crippen LogP contribution in [0.5, 0.6) is 0 Å². The van der Waals surface area contributed by atoms with Gasteiger partial charge >= 0.3 is 0 Å². The predicted octanol–water partition coefficient (Wildman–Crippen LogP) is 2.69. The summed E-state index contributed by atoms with van der Waals surface area (Å²) in [6.07, 6.45) is 3.33. The predicted molar refractivity (Wildman–Crippen MR) is 94.1 cm³/mol. The van der Waals surface area contributed by atoms with Crippen LogP contribution in [-0.2, 0) is 20.0 Å². The van der Waals surface area contributed by atoms with E-state index in [-0.39, 0.29) is 14.3 Å². The normalized spacial score (nSPS) is 12.7. The lowest BCUT2D eigenvalue weighted by Crippen LogP contribution is -2.33. The molecule has 0 heterocycles. The Kier molecular flexibility index (Phi) is 7.66. The smallest absolute Gasteiger partial charge is 0.225 e. The third-order valence-electron chi connectivity index (χ3n) is 3.37. The molecule has 2 N–H and O–H groups in total. The molecule has 0 aliphatic heterocycles. The van der Waals surface area contributed by atoms with E-state index in [0.717, 1.165) is 25.7 Å². The number of unbranched alkanes of at least 4 members (excludes halogenated alkanes) is 2. The Hall–Kier alpha value is -0.480. The maximum atomic E-state index is 12.8. The van der Waals surface area contributed by atoms with Gasteiger partial charge in [-0.25, -0.2) is 22.0 Å². The Balaban J connectivity index is 3.23. The zero-order valence-electron chi connectivity index (χ0n) is 13.3. The van der Waals surface area contributed by atoms with Gasteiger partial charge in [0.15, 0.2) is 0 Å². The van der Waals surface area contributed by atoms with E-state index in [2.05, 4.69) is 15.9 Å². The number of primary sulfonamides is 1. The van der Waals surface area contributed by atoms with Crippen molar-refractivity contribution in [3.05, 3.63) is 22.7 Å². The van der Waals surface area contributed by atoms with Gasteiger partial charge in [0.25, 0.3) is 0 Å². The van der Waals surface area contributed by atoms with Crippen molar-refractivity contribution >= 4 is 36.0 Å². The topological polar surface area (TPSA) is 97.5 Å². The number of hydrogen-bond donors (Lipinski definition) is 1. The van der Waals surface area contributed by atoms with Crippen LogP contribution in [0.1, 0.15) is 39.5 Å². The molecular formula is C14H23BrN2O4S2. The van der Waals surface area contributed by atoms with E-state index >= 15 is 0 Å². The van der Waals surface area contributed by atoms with Gasteiger partial charge in [-0.1, -0.05) is 26.7 Å². The summed E-state index contributed by atoms with van der Waals surface area (Å²) in [5.74, 6) is 0. The minimum Gasteiger partial charge on any atom is -0.225 e. The average molecular weight is 427 g/mol. The molecule has 6 nitrogen and oxygen atoms in total. The summed E-state index contributed by atoms with van der Waals surface area (Å²) in [6.45, 7) is 4.90. The largest absolute Gasteiger partial charge is 0.244 e. The highest BCUT2D eigenvalue weighted by atomic mass is 79.9. The molecule has 0 saturated heterocycles. The molecule has 0 spiro atoms. The van der Waals surface area contributed by atoms with Gasteiger partial charge in [0, 0.05) is 17.6 Å². The van der Waals surface area contributed by atoms with Crippen LogP contribution in [0.25, 0.3) is 0 Å². The first-order chi connectivity index (χ1) is 10.6. The highest BCUT2D eigenvalue weighted by Gasteiger charge is 2.26. The molecule has 0 aliphatic rings. The second kappa shape index (κ2) is 8.57. The molecular weight excluding hydrogens is 404 g/mol. The molecule has 0 atom stereocenters. The molecule has 9 heteroatoms. The van der Waals surface area contributed by atoms with Crippen LogP contribution in [0.15, 0.2) is 32.5 Å². The standard InChI is InChI=1S/C14H23BrN2O4S2/c1-3-5-9-17(10-6-4-2)23(20,21)14-8-7-12(11-13(14)15)22(16,18)19/h7-8,11H,3-6,9-10H2,1-2H3,(H2,16,18,19). The van der Waals surface area contributed by atoms with Gasteiger partial charge in [-0.3, -0.25) is 0 Å². The molecule has 0 bridgehead atoms. The van der Waals surface area contributed by atoms with Crippen molar-refractivity contribution in [1.29, 1.82) is 0 Å². The highest BCUT2D eigenvalue weighted by Crippen LogP contribution is 2.28. The molecule has 0 aliphatic carbocycles. The van der Waals surface area contributed by atoms with E-state index in [9.17, 15) is 16.8 Å².